The second kappa shape index (κ2) is 7.55. The van der Waals surface area contributed by atoms with Gasteiger partial charge in [-0.2, -0.15) is 0 Å². The zero-order valence-electron chi connectivity index (χ0n) is 12.6. The van der Waals surface area contributed by atoms with Crippen molar-refractivity contribution in [3.05, 3.63) is 53.8 Å². The maximum atomic E-state index is 13.6. The van der Waals surface area contributed by atoms with E-state index in [1.165, 1.54) is 25.3 Å². The smallest absolute Gasteiger partial charge is 0.260 e. The van der Waals surface area contributed by atoms with Crippen LogP contribution in [-0.2, 0) is 0 Å². The molecule has 0 saturated heterocycles. The lowest BCUT2D eigenvalue weighted by molar-refractivity contribution is 0.0974. The monoisotopic (exact) mass is 334 g/mol. The number of thiocarbonyl (C=S) groups is 1. The summed E-state index contributed by atoms with van der Waals surface area (Å²) < 4.78 is 23.9. The van der Waals surface area contributed by atoms with Gasteiger partial charge in [0.05, 0.1) is 25.5 Å². The van der Waals surface area contributed by atoms with Crippen molar-refractivity contribution in [1.82, 2.24) is 5.32 Å². The molecule has 0 aromatic heterocycles. The summed E-state index contributed by atoms with van der Waals surface area (Å²) in [6.07, 6.45) is 0. The van der Waals surface area contributed by atoms with E-state index in [1.807, 2.05) is 0 Å². The molecule has 2 aromatic carbocycles. The standard InChI is InChI=1S/C16H15FN2O3S/c1-21-10-7-8-13(14(9-10)22-2)18-16(23)19-15(20)11-5-3-4-6-12(11)17/h3-9H,1-2H3,(H2,18,19,20,23). The van der Waals surface area contributed by atoms with Crippen LogP contribution < -0.4 is 20.1 Å². The van der Waals surface area contributed by atoms with E-state index in [-0.39, 0.29) is 10.7 Å². The lowest BCUT2D eigenvalue weighted by Gasteiger charge is -2.14. The molecule has 23 heavy (non-hydrogen) atoms. The third kappa shape index (κ3) is 4.17. The number of nitrogens with one attached hydrogen (secondary N) is 2. The van der Waals surface area contributed by atoms with Crippen molar-refractivity contribution in [1.29, 1.82) is 0 Å². The van der Waals surface area contributed by atoms with Gasteiger partial charge < -0.3 is 14.8 Å². The molecule has 0 aliphatic carbocycles. The van der Waals surface area contributed by atoms with Crippen LogP contribution in [0.2, 0.25) is 0 Å². The van der Waals surface area contributed by atoms with Crippen molar-refractivity contribution >= 4 is 28.9 Å². The fraction of sp³-hybridized carbons (Fsp3) is 0.125. The average molecular weight is 334 g/mol. The van der Waals surface area contributed by atoms with Gasteiger partial charge in [0.2, 0.25) is 0 Å². The first kappa shape index (κ1) is 16.7. The number of rotatable bonds is 4. The van der Waals surface area contributed by atoms with E-state index < -0.39 is 11.7 Å². The van der Waals surface area contributed by atoms with Gasteiger partial charge >= 0.3 is 0 Å². The van der Waals surface area contributed by atoms with Gasteiger partial charge in [0.15, 0.2) is 5.11 Å². The Labute approximate surface area is 138 Å². The van der Waals surface area contributed by atoms with Gasteiger partial charge in [-0.1, -0.05) is 12.1 Å². The summed E-state index contributed by atoms with van der Waals surface area (Å²) in [6, 6.07) is 10.7. The molecule has 2 aromatic rings. The molecule has 120 valence electrons. The largest absolute Gasteiger partial charge is 0.497 e. The van der Waals surface area contributed by atoms with E-state index >= 15 is 0 Å². The highest BCUT2D eigenvalue weighted by molar-refractivity contribution is 7.80. The number of benzene rings is 2. The number of carbonyl (C=O) groups is 1. The predicted octanol–water partition coefficient (Wildman–Crippen LogP) is 2.97. The van der Waals surface area contributed by atoms with Crippen molar-refractivity contribution in [2.75, 3.05) is 19.5 Å². The molecule has 0 radical (unpaired) electrons. The third-order valence-corrected chi connectivity index (χ3v) is 3.21. The van der Waals surface area contributed by atoms with Gasteiger partial charge in [0, 0.05) is 6.07 Å². The average Bonchev–Trinajstić information content (AvgIpc) is 2.55. The highest BCUT2D eigenvalue weighted by Crippen LogP contribution is 2.28. The van der Waals surface area contributed by atoms with Crippen LogP contribution in [0.1, 0.15) is 10.4 Å². The van der Waals surface area contributed by atoms with Crippen LogP contribution in [0.15, 0.2) is 42.5 Å². The van der Waals surface area contributed by atoms with E-state index in [4.69, 9.17) is 21.7 Å². The highest BCUT2D eigenvalue weighted by atomic mass is 32.1. The van der Waals surface area contributed by atoms with E-state index in [0.29, 0.717) is 17.2 Å². The number of hydrogen-bond donors (Lipinski definition) is 2. The molecule has 0 fully saturated rings. The summed E-state index contributed by atoms with van der Waals surface area (Å²) in [4.78, 5) is 12.0. The van der Waals surface area contributed by atoms with E-state index in [9.17, 15) is 9.18 Å². The van der Waals surface area contributed by atoms with Crippen LogP contribution in [-0.4, -0.2) is 25.2 Å². The van der Waals surface area contributed by atoms with Gasteiger partial charge in [0.1, 0.15) is 17.3 Å². The number of methoxy groups -OCH3 is 2. The number of ether oxygens (including phenoxy) is 2. The van der Waals surface area contributed by atoms with Crippen molar-refractivity contribution in [3.8, 4) is 11.5 Å². The summed E-state index contributed by atoms with van der Waals surface area (Å²) in [5.41, 5.74) is 0.463. The Morgan fingerprint density at radius 1 is 1.13 bits per heavy atom. The van der Waals surface area contributed by atoms with Crippen LogP contribution >= 0.6 is 12.2 Å². The Kier molecular flexibility index (Phi) is 5.48. The Morgan fingerprint density at radius 3 is 2.52 bits per heavy atom. The molecular formula is C16H15FN2O3S. The molecule has 0 saturated carbocycles. The molecule has 0 bridgehead atoms. The van der Waals surface area contributed by atoms with Crippen molar-refractivity contribution in [2.24, 2.45) is 0 Å². The minimum absolute atomic E-state index is 0.0294. The molecule has 0 heterocycles. The van der Waals surface area contributed by atoms with Gasteiger partial charge in [0.25, 0.3) is 5.91 Å². The summed E-state index contributed by atoms with van der Waals surface area (Å²) >= 11 is 5.07. The zero-order valence-corrected chi connectivity index (χ0v) is 13.4. The molecule has 5 nitrogen and oxygen atoms in total. The molecule has 0 spiro atoms. The fourth-order valence-corrected chi connectivity index (χ4v) is 2.07. The topological polar surface area (TPSA) is 59.6 Å². The van der Waals surface area contributed by atoms with Crippen LogP contribution in [0.5, 0.6) is 11.5 Å². The maximum Gasteiger partial charge on any atom is 0.260 e. The molecule has 1 amide bonds. The number of amides is 1. The second-order valence-corrected chi connectivity index (χ2v) is 4.86. The lowest BCUT2D eigenvalue weighted by Crippen LogP contribution is -2.34. The van der Waals surface area contributed by atoms with Crippen LogP contribution in [0, 0.1) is 5.82 Å². The van der Waals surface area contributed by atoms with E-state index in [1.54, 1.807) is 31.4 Å². The molecule has 0 atom stereocenters. The van der Waals surface area contributed by atoms with E-state index in [2.05, 4.69) is 10.6 Å². The Balaban J connectivity index is 2.08. The van der Waals surface area contributed by atoms with Crippen LogP contribution in [0.25, 0.3) is 0 Å². The Morgan fingerprint density at radius 2 is 1.87 bits per heavy atom. The Hall–Kier alpha value is -2.67. The first-order valence-electron chi connectivity index (χ1n) is 6.64. The number of anilines is 1. The lowest BCUT2D eigenvalue weighted by atomic mass is 10.2. The third-order valence-electron chi connectivity index (χ3n) is 3.00. The number of hydrogen-bond acceptors (Lipinski definition) is 4. The molecule has 0 unspecified atom stereocenters. The first-order valence-corrected chi connectivity index (χ1v) is 7.05. The first-order chi connectivity index (χ1) is 11.0. The summed E-state index contributed by atoms with van der Waals surface area (Å²) in [5.74, 6) is -0.136. The SMILES string of the molecule is COc1ccc(NC(=S)NC(=O)c2ccccc2F)c(OC)c1. The second-order valence-electron chi connectivity index (χ2n) is 4.45. The van der Waals surface area contributed by atoms with Crippen LogP contribution in [0.3, 0.4) is 0 Å². The fourth-order valence-electron chi connectivity index (χ4n) is 1.87. The zero-order chi connectivity index (χ0) is 16.8. The Bertz CT molecular complexity index is 737. The number of carbonyl (C=O) groups excluding carboxylic acids is 1. The summed E-state index contributed by atoms with van der Waals surface area (Å²) in [6.45, 7) is 0. The molecule has 2 N–H and O–H groups in total. The van der Waals surface area contributed by atoms with Gasteiger partial charge in [-0.05, 0) is 36.5 Å². The number of halogens is 1. The molecular weight excluding hydrogens is 319 g/mol. The summed E-state index contributed by atoms with van der Waals surface area (Å²) in [7, 11) is 3.04. The van der Waals surface area contributed by atoms with E-state index in [0.717, 1.165) is 0 Å². The quantitative estimate of drug-likeness (QED) is 0.842. The molecule has 0 aliphatic heterocycles. The molecule has 7 heteroatoms. The predicted molar refractivity (Wildman–Crippen MR) is 89.6 cm³/mol. The van der Waals surface area contributed by atoms with Crippen molar-refractivity contribution < 1.29 is 18.7 Å². The summed E-state index contributed by atoms with van der Waals surface area (Å²) in [5, 5.41) is 5.28. The van der Waals surface area contributed by atoms with Gasteiger partial charge in [-0.25, -0.2) is 4.39 Å². The minimum atomic E-state index is -0.631. The van der Waals surface area contributed by atoms with Gasteiger partial charge in [-0.3, -0.25) is 10.1 Å². The van der Waals surface area contributed by atoms with Gasteiger partial charge in [-0.15, -0.1) is 0 Å². The minimum Gasteiger partial charge on any atom is -0.497 e. The van der Waals surface area contributed by atoms with Crippen molar-refractivity contribution in [2.45, 2.75) is 0 Å². The van der Waals surface area contributed by atoms with Crippen molar-refractivity contribution in [3.63, 3.8) is 0 Å². The van der Waals surface area contributed by atoms with Crippen LogP contribution in [0.4, 0.5) is 10.1 Å². The normalized spacial score (nSPS) is 9.87. The highest BCUT2D eigenvalue weighted by Gasteiger charge is 2.13. The molecule has 2 rings (SSSR count). The maximum absolute atomic E-state index is 13.6. The molecule has 0 aliphatic rings.